The van der Waals surface area contributed by atoms with E-state index >= 15 is 0 Å². The lowest BCUT2D eigenvalue weighted by Crippen LogP contribution is -2.18. The van der Waals surface area contributed by atoms with E-state index in [0.29, 0.717) is 16.7 Å². The standard InChI is InChI=1S/C19H26O4/c1-13-11-17(21)12-15-8-4-3-5-9-16(20)10-6-7-14(2)23-19(22)18(13)15/h4,8,11-12,14,16,20-21H,3,5-7,9-10H2,1-2H3/t14-,16?/m0/s1. The number of carbonyl (C=O) groups is 1. The SMILES string of the molecule is Cc1cc(O)cc2c1C(=O)O[C@@H](C)CCCC(O)CCCC=C2. The van der Waals surface area contributed by atoms with Gasteiger partial charge in [-0.3, -0.25) is 0 Å². The molecule has 2 atom stereocenters. The van der Waals surface area contributed by atoms with Crippen LogP contribution in [0.1, 0.15) is 66.9 Å². The van der Waals surface area contributed by atoms with Gasteiger partial charge in [-0.25, -0.2) is 4.79 Å². The van der Waals surface area contributed by atoms with Crippen LogP contribution in [-0.4, -0.2) is 28.4 Å². The van der Waals surface area contributed by atoms with Gasteiger partial charge in [0.1, 0.15) is 5.75 Å². The van der Waals surface area contributed by atoms with Crippen molar-refractivity contribution in [3.8, 4) is 5.75 Å². The van der Waals surface area contributed by atoms with E-state index in [4.69, 9.17) is 4.74 Å². The molecule has 0 aliphatic carbocycles. The van der Waals surface area contributed by atoms with Crippen LogP contribution in [0.2, 0.25) is 0 Å². The number of phenolic OH excluding ortho intramolecular Hbond substituents is 1. The van der Waals surface area contributed by atoms with Crippen LogP contribution >= 0.6 is 0 Å². The lowest BCUT2D eigenvalue weighted by Gasteiger charge is -2.17. The average molecular weight is 318 g/mol. The molecule has 2 N–H and O–H groups in total. The molecule has 1 heterocycles. The Kier molecular flexibility index (Phi) is 6.22. The van der Waals surface area contributed by atoms with Crippen LogP contribution in [-0.2, 0) is 4.74 Å². The Morgan fingerprint density at radius 3 is 2.70 bits per heavy atom. The minimum absolute atomic E-state index is 0.142. The van der Waals surface area contributed by atoms with Crippen LogP contribution in [0.3, 0.4) is 0 Å². The number of esters is 1. The first-order chi connectivity index (χ1) is 11.0. The Hall–Kier alpha value is -1.81. The first-order valence-electron chi connectivity index (χ1n) is 8.36. The number of benzene rings is 1. The minimum atomic E-state index is -0.354. The van der Waals surface area contributed by atoms with Gasteiger partial charge in [-0.15, -0.1) is 0 Å². The summed E-state index contributed by atoms with van der Waals surface area (Å²) in [5.41, 5.74) is 1.91. The van der Waals surface area contributed by atoms with Crippen molar-refractivity contribution in [2.24, 2.45) is 0 Å². The molecule has 1 aliphatic heterocycles. The molecule has 1 aromatic carbocycles. The Morgan fingerprint density at radius 2 is 1.91 bits per heavy atom. The van der Waals surface area contributed by atoms with Gasteiger partial charge in [-0.2, -0.15) is 0 Å². The fraction of sp³-hybridized carbons (Fsp3) is 0.526. The Balaban J connectivity index is 2.30. The third-order valence-electron chi connectivity index (χ3n) is 4.22. The van der Waals surface area contributed by atoms with Gasteiger partial charge >= 0.3 is 5.97 Å². The summed E-state index contributed by atoms with van der Waals surface area (Å²) >= 11 is 0. The van der Waals surface area contributed by atoms with E-state index in [0.717, 1.165) is 38.5 Å². The molecule has 1 unspecified atom stereocenters. The van der Waals surface area contributed by atoms with Crippen LogP contribution in [0.5, 0.6) is 5.75 Å². The van der Waals surface area contributed by atoms with E-state index in [-0.39, 0.29) is 23.9 Å². The second-order valence-corrected chi connectivity index (χ2v) is 6.36. The first kappa shape index (κ1) is 17.5. The van der Waals surface area contributed by atoms with Crippen molar-refractivity contribution >= 4 is 12.0 Å². The molecule has 0 fully saturated rings. The molecular weight excluding hydrogens is 292 g/mol. The van der Waals surface area contributed by atoms with Crippen LogP contribution in [0.4, 0.5) is 0 Å². The van der Waals surface area contributed by atoms with Gasteiger partial charge in [0.25, 0.3) is 0 Å². The predicted octanol–water partition coefficient (Wildman–Crippen LogP) is 3.97. The highest BCUT2D eigenvalue weighted by atomic mass is 16.5. The van der Waals surface area contributed by atoms with Gasteiger partial charge in [0, 0.05) is 0 Å². The molecule has 4 heteroatoms. The Labute approximate surface area is 137 Å². The second kappa shape index (κ2) is 8.16. The summed E-state index contributed by atoms with van der Waals surface area (Å²) in [4.78, 5) is 12.5. The van der Waals surface area contributed by atoms with E-state index in [1.54, 1.807) is 19.1 Å². The predicted molar refractivity (Wildman–Crippen MR) is 90.5 cm³/mol. The van der Waals surface area contributed by atoms with Crippen molar-refractivity contribution in [2.45, 2.75) is 64.6 Å². The smallest absolute Gasteiger partial charge is 0.339 e. The number of aliphatic hydroxyl groups is 1. The zero-order valence-electron chi connectivity index (χ0n) is 13.9. The molecule has 0 aromatic heterocycles. The number of hydrogen-bond acceptors (Lipinski definition) is 4. The summed E-state index contributed by atoms with van der Waals surface area (Å²) in [6, 6.07) is 3.17. The number of carbonyl (C=O) groups excluding carboxylic acids is 1. The largest absolute Gasteiger partial charge is 0.508 e. The minimum Gasteiger partial charge on any atom is -0.508 e. The highest BCUT2D eigenvalue weighted by molar-refractivity contribution is 5.95. The van der Waals surface area contributed by atoms with Crippen LogP contribution in [0, 0.1) is 6.92 Å². The number of fused-ring (bicyclic) bond motifs is 1. The topological polar surface area (TPSA) is 66.8 Å². The summed E-state index contributed by atoms with van der Waals surface area (Å²) < 4.78 is 5.54. The fourth-order valence-electron chi connectivity index (χ4n) is 2.97. The molecule has 126 valence electrons. The summed E-state index contributed by atoms with van der Waals surface area (Å²) in [5.74, 6) is -0.212. The average Bonchev–Trinajstić information content (AvgIpc) is 2.45. The van der Waals surface area contributed by atoms with Crippen molar-refractivity contribution in [3.05, 3.63) is 34.9 Å². The van der Waals surface area contributed by atoms with Crippen LogP contribution in [0.25, 0.3) is 6.08 Å². The Morgan fingerprint density at radius 1 is 1.17 bits per heavy atom. The molecule has 1 aromatic rings. The second-order valence-electron chi connectivity index (χ2n) is 6.36. The molecule has 0 spiro atoms. The molecule has 2 rings (SSSR count). The van der Waals surface area contributed by atoms with Crippen LogP contribution in [0.15, 0.2) is 18.2 Å². The number of aliphatic hydroxyl groups excluding tert-OH is 1. The zero-order chi connectivity index (χ0) is 16.8. The summed E-state index contributed by atoms with van der Waals surface area (Å²) in [6.45, 7) is 3.68. The van der Waals surface area contributed by atoms with E-state index in [1.807, 2.05) is 19.1 Å². The number of aromatic hydroxyl groups is 1. The molecule has 1 aliphatic rings. The van der Waals surface area contributed by atoms with Crippen molar-refractivity contribution < 1.29 is 19.7 Å². The van der Waals surface area contributed by atoms with E-state index < -0.39 is 0 Å². The van der Waals surface area contributed by atoms with Gasteiger partial charge in [-0.1, -0.05) is 12.2 Å². The number of rotatable bonds is 0. The lowest BCUT2D eigenvalue weighted by molar-refractivity contribution is 0.0309. The maximum atomic E-state index is 12.5. The van der Waals surface area contributed by atoms with Crippen LogP contribution < -0.4 is 0 Å². The number of allylic oxidation sites excluding steroid dienone is 1. The number of ether oxygens (including phenoxy) is 1. The molecule has 4 nitrogen and oxygen atoms in total. The number of cyclic esters (lactones) is 1. The fourth-order valence-corrected chi connectivity index (χ4v) is 2.97. The quantitative estimate of drug-likeness (QED) is 0.710. The van der Waals surface area contributed by atoms with Gasteiger partial charge < -0.3 is 14.9 Å². The maximum absolute atomic E-state index is 12.5. The van der Waals surface area contributed by atoms with E-state index in [2.05, 4.69) is 0 Å². The molecule has 0 bridgehead atoms. The lowest BCUT2D eigenvalue weighted by atomic mass is 9.99. The normalized spacial score (nSPS) is 23.7. The van der Waals surface area contributed by atoms with Gasteiger partial charge in [0.2, 0.25) is 0 Å². The molecular formula is C19H26O4. The number of aryl methyl sites for hydroxylation is 1. The van der Waals surface area contributed by atoms with Gasteiger partial charge in [0.05, 0.1) is 17.8 Å². The molecule has 0 saturated carbocycles. The molecule has 0 amide bonds. The summed E-state index contributed by atoms with van der Waals surface area (Å²) in [7, 11) is 0. The summed E-state index contributed by atoms with van der Waals surface area (Å²) in [5, 5.41) is 19.7. The molecule has 0 saturated heterocycles. The third kappa shape index (κ3) is 5.10. The van der Waals surface area contributed by atoms with Crippen molar-refractivity contribution in [1.82, 2.24) is 0 Å². The number of phenols is 1. The third-order valence-corrected chi connectivity index (χ3v) is 4.22. The summed E-state index contributed by atoms with van der Waals surface area (Å²) in [6.07, 6.45) is 8.20. The highest BCUT2D eigenvalue weighted by Gasteiger charge is 2.19. The van der Waals surface area contributed by atoms with Crippen molar-refractivity contribution in [2.75, 3.05) is 0 Å². The van der Waals surface area contributed by atoms with E-state index in [9.17, 15) is 15.0 Å². The monoisotopic (exact) mass is 318 g/mol. The molecule has 0 radical (unpaired) electrons. The van der Waals surface area contributed by atoms with Gasteiger partial charge in [-0.05, 0) is 75.6 Å². The first-order valence-corrected chi connectivity index (χ1v) is 8.36. The molecule has 23 heavy (non-hydrogen) atoms. The zero-order valence-corrected chi connectivity index (χ0v) is 13.9. The highest BCUT2D eigenvalue weighted by Crippen LogP contribution is 2.25. The Bertz CT molecular complexity index is 577. The van der Waals surface area contributed by atoms with Crippen molar-refractivity contribution in [3.63, 3.8) is 0 Å². The maximum Gasteiger partial charge on any atom is 0.339 e. The number of hydrogen-bond donors (Lipinski definition) is 2. The van der Waals surface area contributed by atoms with Crippen molar-refractivity contribution in [1.29, 1.82) is 0 Å². The van der Waals surface area contributed by atoms with Gasteiger partial charge in [0.15, 0.2) is 0 Å². The van der Waals surface area contributed by atoms with E-state index in [1.165, 1.54) is 0 Å².